The molecule has 94 valence electrons. The number of benzene rings is 1. The lowest BCUT2D eigenvalue weighted by Crippen LogP contribution is -2.22. The molecule has 2 heterocycles. The molecule has 3 nitrogen and oxygen atoms in total. The molecule has 1 aliphatic rings. The number of imidazole rings is 1. The lowest BCUT2D eigenvalue weighted by Gasteiger charge is -2.29. The van der Waals surface area contributed by atoms with E-state index in [2.05, 4.69) is 9.97 Å². The van der Waals surface area contributed by atoms with E-state index < -0.39 is 6.10 Å². The van der Waals surface area contributed by atoms with E-state index in [0.717, 1.165) is 28.5 Å². The number of H-pyrrole nitrogens is 1. The Morgan fingerprint density at radius 1 is 1.50 bits per heavy atom. The van der Waals surface area contributed by atoms with Crippen LogP contribution in [0.2, 0.25) is 5.02 Å². The predicted molar refractivity (Wildman–Crippen MR) is 72.9 cm³/mol. The molecule has 2 aromatic rings. The monoisotopic (exact) mass is 280 g/mol. The van der Waals surface area contributed by atoms with Gasteiger partial charge < -0.3 is 10.1 Å². The van der Waals surface area contributed by atoms with E-state index in [1.54, 1.807) is 18.0 Å². The zero-order valence-electron chi connectivity index (χ0n) is 9.64. The molecule has 0 saturated heterocycles. The maximum absolute atomic E-state index is 10.4. The van der Waals surface area contributed by atoms with Gasteiger partial charge in [-0.25, -0.2) is 4.98 Å². The summed E-state index contributed by atoms with van der Waals surface area (Å²) in [6.45, 7) is 0. The summed E-state index contributed by atoms with van der Waals surface area (Å²) in [7, 11) is 0. The number of aromatic nitrogens is 2. The number of rotatable bonds is 2. The van der Waals surface area contributed by atoms with Gasteiger partial charge in [0.05, 0.1) is 6.10 Å². The molecule has 1 aliphatic heterocycles. The lowest BCUT2D eigenvalue weighted by molar-refractivity contribution is 0.114. The smallest absolute Gasteiger partial charge is 0.106 e. The van der Waals surface area contributed by atoms with Crippen molar-refractivity contribution in [3.63, 3.8) is 0 Å². The van der Waals surface area contributed by atoms with Crippen LogP contribution in [-0.4, -0.2) is 20.8 Å². The summed E-state index contributed by atoms with van der Waals surface area (Å²) in [6, 6.07) is 5.71. The lowest BCUT2D eigenvalue weighted by atomic mass is 9.93. The van der Waals surface area contributed by atoms with Gasteiger partial charge in [-0.05, 0) is 23.8 Å². The van der Waals surface area contributed by atoms with Crippen LogP contribution in [-0.2, 0) is 6.42 Å². The third-order valence-corrected chi connectivity index (χ3v) is 4.71. The SMILES string of the molecule is O[C@@H]1c2cc(Cl)ccc2SC[C@@H]1Cc1ncc[nH]1. The van der Waals surface area contributed by atoms with Gasteiger partial charge in [-0.1, -0.05) is 11.6 Å². The topological polar surface area (TPSA) is 48.9 Å². The first-order chi connectivity index (χ1) is 8.74. The summed E-state index contributed by atoms with van der Waals surface area (Å²) in [5.74, 6) is 1.99. The van der Waals surface area contributed by atoms with Crippen LogP contribution in [0, 0.1) is 5.92 Å². The minimum Gasteiger partial charge on any atom is -0.388 e. The number of fused-ring (bicyclic) bond motifs is 1. The standard InChI is InChI=1S/C13H13ClN2OS/c14-9-1-2-11-10(6-9)13(17)8(7-18-11)5-12-15-3-4-16-12/h1-4,6,8,13,17H,5,7H2,(H,15,16)/t8-,13-/m0/s1. The molecule has 18 heavy (non-hydrogen) atoms. The first kappa shape index (κ1) is 12.1. The molecule has 0 unspecified atom stereocenters. The molecule has 3 rings (SSSR count). The Labute approximate surface area is 115 Å². The Morgan fingerprint density at radius 3 is 3.17 bits per heavy atom. The zero-order chi connectivity index (χ0) is 12.5. The molecule has 2 atom stereocenters. The second-order valence-electron chi connectivity index (χ2n) is 4.44. The number of thioether (sulfide) groups is 1. The number of nitrogens with one attached hydrogen (secondary N) is 1. The molecule has 1 aromatic heterocycles. The highest BCUT2D eigenvalue weighted by atomic mass is 35.5. The van der Waals surface area contributed by atoms with Crippen LogP contribution in [0.1, 0.15) is 17.5 Å². The van der Waals surface area contributed by atoms with Crippen LogP contribution in [0.25, 0.3) is 0 Å². The van der Waals surface area contributed by atoms with Crippen LogP contribution < -0.4 is 0 Å². The Balaban J connectivity index is 1.84. The number of hydrogen-bond acceptors (Lipinski definition) is 3. The van der Waals surface area contributed by atoms with Crippen molar-refractivity contribution in [3.05, 3.63) is 47.0 Å². The fourth-order valence-corrected chi connectivity index (χ4v) is 3.64. The van der Waals surface area contributed by atoms with Gasteiger partial charge in [0, 0.05) is 40.4 Å². The molecular formula is C13H13ClN2OS. The van der Waals surface area contributed by atoms with E-state index >= 15 is 0 Å². The molecule has 0 radical (unpaired) electrons. The first-order valence-electron chi connectivity index (χ1n) is 5.82. The zero-order valence-corrected chi connectivity index (χ0v) is 11.2. The molecule has 0 saturated carbocycles. The van der Waals surface area contributed by atoms with Crippen molar-refractivity contribution < 1.29 is 5.11 Å². The van der Waals surface area contributed by atoms with Crippen molar-refractivity contribution in [1.82, 2.24) is 9.97 Å². The van der Waals surface area contributed by atoms with Crippen LogP contribution in [0.5, 0.6) is 0 Å². The number of hydrogen-bond donors (Lipinski definition) is 2. The molecule has 0 bridgehead atoms. The van der Waals surface area contributed by atoms with Crippen molar-refractivity contribution in [3.8, 4) is 0 Å². The average molecular weight is 281 g/mol. The number of aliphatic hydroxyl groups is 1. The molecule has 0 aliphatic carbocycles. The highest BCUT2D eigenvalue weighted by Crippen LogP contribution is 2.41. The number of aromatic amines is 1. The molecule has 2 N–H and O–H groups in total. The summed E-state index contributed by atoms with van der Waals surface area (Å²) in [5, 5.41) is 11.1. The van der Waals surface area contributed by atoms with Gasteiger partial charge in [0.15, 0.2) is 0 Å². The minimum atomic E-state index is -0.468. The summed E-state index contributed by atoms with van der Waals surface area (Å²) >= 11 is 7.76. The second-order valence-corrected chi connectivity index (χ2v) is 5.94. The minimum absolute atomic E-state index is 0.173. The van der Waals surface area contributed by atoms with E-state index in [-0.39, 0.29) is 5.92 Å². The average Bonchev–Trinajstić information content (AvgIpc) is 2.86. The maximum atomic E-state index is 10.4. The number of aliphatic hydroxyl groups excluding tert-OH is 1. The largest absolute Gasteiger partial charge is 0.388 e. The second kappa shape index (κ2) is 4.96. The quantitative estimate of drug-likeness (QED) is 0.889. The third kappa shape index (κ3) is 2.28. The summed E-state index contributed by atoms with van der Waals surface area (Å²) in [6.07, 6.45) is 3.84. The van der Waals surface area contributed by atoms with Crippen LogP contribution in [0.4, 0.5) is 0 Å². The Bertz CT molecular complexity index is 544. The normalized spacial score (nSPS) is 22.8. The van der Waals surface area contributed by atoms with E-state index in [1.807, 2.05) is 24.4 Å². The van der Waals surface area contributed by atoms with Crippen molar-refractivity contribution in [2.45, 2.75) is 17.4 Å². The van der Waals surface area contributed by atoms with Crippen LogP contribution in [0.15, 0.2) is 35.5 Å². The van der Waals surface area contributed by atoms with E-state index in [1.165, 1.54) is 0 Å². The fourth-order valence-electron chi connectivity index (χ4n) is 2.25. The van der Waals surface area contributed by atoms with E-state index in [0.29, 0.717) is 5.02 Å². The summed E-state index contributed by atoms with van der Waals surface area (Å²) < 4.78 is 0. The Morgan fingerprint density at radius 2 is 2.39 bits per heavy atom. The van der Waals surface area contributed by atoms with Gasteiger partial charge in [-0.2, -0.15) is 0 Å². The number of halogens is 1. The van der Waals surface area contributed by atoms with Gasteiger partial charge in [-0.15, -0.1) is 11.8 Å². The van der Waals surface area contributed by atoms with Gasteiger partial charge >= 0.3 is 0 Å². The van der Waals surface area contributed by atoms with Crippen LogP contribution in [0.3, 0.4) is 0 Å². The summed E-state index contributed by atoms with van der Waals surface area (Å²) in [5.41, 5.74) is 0.940. The van der Waals surface area contributed by atoms with Crippen molar-refractivity contribution in [2.75, 3.05) is 5.75 Å². The Hall–Kier alpha value is -0.970. The Kier molecular flexibility index (Phi) is 3.33. The van der Waals surface area contributed by atoms with Crippen molar-refractivity contribution in [1.29, 1.82) is 0 Å². The van der Waals surface area contributed by atoms with Crippen LogP contribution >= 0.6 is 23.4 Å². The van der Waals surface area contributed by atoms with E-state index in [4.69, 9.17) is 11.6 Å². The fraction of sp³-hybridized carbons (Fsp3) is 0.308. The molecular weight excluding hydrogens is 268 g/mol. The predicted octanol–water partition coefficient (Wildman–Crippen LogP) is 3.06. The molecule has 0 amide bonds. The molecule has 1 aromatic carbocycles. The van der Waals surface area contributed by atoms with Gasteiger partial charge in [-0.3, -0.25) is 0 Å². The van der Waals surface area contributed by atoms with E-state index in [9.17, 15) is 5.11 Å². The maximum Gasteiger partial charge on any atom is 0.106 e. The highest BCUT2D eigenvalue weighted by molar-refractivity contribution is 7.99. The summed E-state index contributed by atoms with van der Waals surface area (Å²) in [4.78, 5) is 8.43. The molecule has 0 spiro atoms. The highest BCUT2D eigenvalue weighted by Gasteiger charge is 2.29. The number of nitrogens with zero attached hydrogens (tertiary/aromatic N) is 1. The molecule has 0 fully saturated rings. The van der Waals surface area contributed by atoms with Gasteiger partial charge in [0.1, 0.15) is 5.82 Å². The molecule has 5 heteroatoms. The van der Waals surface area contributed by atoms with Crippen molar-refractivity contribution >= 4 is 23.4 Å². The van der Waals surface area contributed by atoms with Crippen molar-refractivity contribution in [2.24, 2.45) is 5.92 Å². The van der Waals surface area contributed by atoms with Gasteiger partial charge in [0.2, 0.25) is 0 Å². The first-order valence-corrected chi connectivity index (χ1v) is 7.19. The third-order valence-electron chi connectivity index (χ3n) is 3.20. The van der Waals surface area contributed by atoms with Gasteiger partial charge in [0.25, 0.3) is 0 Å².